The van der Waals surface area contributed by atoms with Gasteiger partial charge in [-0.25, -0.2) is 4.39 Å². The van der Waals surface area contributed by atoms with Gasteiger partial charge in [-0.3, -0.25) is 0 Å². The second kappa shape index (κ2) is 4.77. The Bertz CT molecular complexity index is 372. The first-order valence-corrected chi connectivity index (χ1v) is 6.14. The van der Waals surface area contributed by atoms with Crippen molar-refractivity contribution in [3.05, 3.63) is 34.9 Å². The lowest BCUT2D eigenvalue weighted by atomic mass is 9.74. The molecule has 1 rings (SSSR count). The lowest BCUT2D eigenvalue weighted by molar-refractivity contribution is 0.0382. The van der Waals surface area contributed by atoms with E-state index in [1.807, 2.05) is 46.8 Å². The van der Waals surface area contributed by atoms with Crippen molar-refractivity contribution in [3.63, 3.8) is 0 Å². The SMILES string of the molecule is Cc1cc(C)cc(CC(F)(CN)C(C)(C)C)c1. The standard InChI is InChI=1S/C15H24FN/c1-11-6-12(2)8-13(7-11)9-15(16,10-17)14(3,4)5/h6-8H,9-10,17H2,1-5H3. The predicted octanol–water partition coefficient (Wildman–Crippen LogP) is 3.56. The smallest absolute Gasteiger partial charge is 0.132 e. The number of hydrogen-bond donors (Lipinski definition) is 1. The highest BCUT2D eigenvalue weighted by Gasteiger charge is 2.41. The number of halogens is 1. The summed E-state index contributed by atoms with van der Waals surface area (Å²) in [5, 5.41) is 0. The molecule has 0 fully saturated rings. The summed E-state index contributed by atoms with van der Waals surface area (Å²) < 4.78 is 14.9. The molecule has 0 heterocycles. The molecule has 1 nitrogen and oxygen atoms in total. The predicted molar refractivity (Wildman–Crippen MR) is 72.0 cm³/mol. The van der Waals surface area contributed by atoms with Gasteiger partial charge in [0.25, 0.3) is 0 Å². The molecule has 1 unspecified atom stereocenters. The van der Waals surface area contributed by atoms with E-state index in [0.717, 1.165) is 5.56 Å². The molecule has 0 amide bonds. The van der Waals surface area contributed by atoms with Gasteiger partial charge in [0, 0.05) is 13.0 Å². The lowest BCUT2D eigenvalue weighted by Gasteiger charge is -2.37. The molecule has 1 aromatic rings. The third-order valence-corrected chi connectivity index (χ3v) is 3.43. The van der Waals surface area contributed by atoms with Gasteiger partial charge in [0.05, 0.1) is 0 Å². The molecular formula is C15H24FN. The minimum absolute atomic E-state index is 0.0590. The molecule has 1 aromatic carbocycles. The first kappa shape index (κ1) is 14.2. The highest BCUT2D eigenvalue weighted by molar-refractivity contribution is 5.30. The van der Waals surface area contributed by atoms with Gasteiger partial charge < -0.3 is 5.73 Å². The second-order valence-electron chi connectivity index (χ2n) is 6.09. The third kappa shape index (κ3) is 3.29. The van der Waals surface area contributed by atoms with E-state index in [1.165, 1.54) is 11.1 Å². The first-order chi connectivity index (χ1) is 7.68. The van der Waals surface area contributed by atoms with E-state index in [2.05, 4.69) is 6.07 Å². The molecule has 0 saturated heterocycles. The molecule has 1 atom stereocenters. The van der Waals surface area contributed by atoms with E-state index in [0.29, 0.717) is 6.42 Å². The van der Waals surface area contributed by atoms with Crippen LogP contribution in [-0.4, -0.2) is 12.2 Å². The topological polar surface area (TPSA) is 26.0 Å². The Labute approximate surface area is 104 Å². The van der Waals surface area contributed by atoms with Gasteiger partial charge in [0.2, 0.25) is 0 Å². The van der Waals surface area contributed by atoms with Gasteiger partial charge in [0.15, 0.2) is 0 Å². The van der Waals surface area contributed by atoms with E-state index in [4.69, 9.17) is 5.73 Å². The Balaban J connectivity index is 3.03. The van der Waals surface area contributed by atoms with Crippen molar-refractivity contribution in [2.24, 2.45) is 11.1 Å². The van der Waals surface area contributed by atoms with Crippen LogP contribution in [0.4, 0.5) is 4.39 Å². The largest absolute Gasteiger partial charge is 0.327 e. The van der Waals surface area contributed by atoms with Crippen molar-refractivity contribution in [1.82, 2.24) is 0 Å². The third-order valence-electron chi connectivity index (χ3n) is 3.43. The average Bonchev–Trinajstić information content (AvgIpc) is 2.13. The molecule has 0 spiro atoms. The highest BCUT2D eigenvalue weighted by Crippen LogP contribution is 2.36. The maximum atomic E-state index is 14.9. The van der Waals surface area contributed by atoms with Crippen molar-refractivity contribution in [3.8, 4) is 0 Å². The monoisotopic (exact) mass is 237 g/mol. The number of nitrogens with two attached hydrogens (primary N) is 1. The van der Waals surface area contributed by atoms with Crippen LogP contribution in [0.2, 0.25) is 0 Å². The number of alkyl halides is 1. The van der Waals surface area contributed by atoms with Gasteiger partial charge in [0.1, 0.15) is 5.67 Å². The van der Waals surface area contributed by atoms with Crippen molar-refractivity contribution in [2.45, 2.75) is 46.7 Å². The molecule has 2 heteroatoms. The number of aryl methyl sites for hydroxylation is 2. The summed E-state index contributed by atoms with van der Waals surface area (Å²) in [5.74, 6) is 0. The Kier molecular flexibility index (Phi) is 3.98. The van der Waals surface area contributed by atoms with Crippen LogP contribution >= 0.6 is 0 Å². The minimum Gasteiger partial charge on any atom is -0.327 e. The fourth-order valence-electron chi connectivity index (χ4n) is 2.14. The highest BCUT2D eigenvalue weighted by atomic mass is 19.1. The quantitative estimate of drug-likeness (QED) is 0.854. The van der Waals surface area contributed by atoms with Crippen LogP contribution < -0.4 is 5.73 Å². The molecule has 2 N–H and O–H groups in total. The number of benzene rings is 1. The maximum absolute atomic E-state index is 14.9. The zero-order valence-electron chi connectivity index (χ0n) is 11.6. The first-order valence-electron chi connectivity index (χ1n) is 6.14. The van der Waals surface area contributed by atoms with Gasteiger partial charge in [-0.05, 0) is 24.8 Å². The van der Waals surface area contributed by atoms with Gasteiger partial charge in [-0.2, -0.15) is 0 Å². The fourth-order valence-corrected chi connectivity index (χ4v) is 2.14. The summed E-state index contributed by atoms with van der Waals surface area (Å²) in [6.45, 7) is 9.85. The molecule has 0 aliphatic rings. The summed E-state index contributed by atoms with van der Waals surface area (Å²) in [7, 11) is 0. The molecular weight excluding hydrogens is 213 g/mol. The molecule has 0 aliphatic heterocycles. The maximum Gasteiger partial charge on any atom is 0.132 e. The summed E-state index contributed by atoms with van der Waals surface area (Å²) in [4.78, 5) is 0. The summed E-state index contributed by atoms with van der Waals surface area (Å²) in [5.41, 5.74) is 7.22. The van der Waals surface area contributed by atoms with Crippen LogP contribution in [0.5, 0.6) is 0 Å². The van der Waals surface area contributed by atoms with Gasteiger partial charge in [-0.15, -0.1) is 0 Å². The molecule has 0 radical (unpaired) electrons. The van der Waals surface area contributed by atoms with Crippen LogP contribution in [0.15, 0.2) is 18.2 Å². The molecule has 0 bridgehead atoms. The number of hydrogen-bond acceptors (Lipinski definition) is 1. The van der Waals surface area contributed by atoms with Crippen molar-refractivity contribution in [1.29, 1.82) is 0 Å². The van der Waals surface area contributed by atoms with Gasteiger partial charge >= 0.3 is 0 Å². The summed E-state index contributed by atoms with van der Waals surface area (Å²) in [6.07, 6.45) is 0.384. The minimum atomic E-state index is -1.35. The van der Waals surface area contributed by atoms with Crippen LogP contribution in [0.3, 0.4) is 0 Å². The van der Waals surface area contributed by atoms with E-state index in [9.17, 15) is 4.39 Å². The zero-order valence-corrected chi connectivity index (χ0v) is 11.6. The molecule has 0 aliphatic carbocycles. The van der Waals surface area contributed by atoms with Gasteiger partial charge in [-0.1, -0.05) is 50.1 Å². The Morgan fingerprint density at radius 3 is 1.88 bits per heavy atom. The summed E-state index contributed by atoms with van der Waals surface area (Å²) in [6, 6.07) is 6.19. The Hall–Kier alpha value is -0.890. The lowest BCUT2D eigenvalue weighted by Crippen LogP contribution is -2.47. The molecule has 0 saturated carbocycles. The van der Waals surface area contributed by atoms with Crippen LogP contribution in [0.1, 0.15) is 37.5 Å². The van der Waals surface area contributed by atoms with Crippen molar-refractivity contribution in [2.75, 3.05) is 6.54 Å². The average molecular weight is 237 g/mol. The number of rotatable bonds is 3. The normalized spacial score (nSPS) is 15.7. The summed E-state index contributed by atoms with van der Waals surface area (Å²) >= 11 is 0. The van der Waals surface area contributed by atoms with Crippen LogP contribution in [-0.2, 0) is 6.42 Å². The van der Waals surface area contributed by atoms with Crippen LogP contribution in [0.25, 0.3) is 0 Å². The Morgan fingerprint density at radius 1 is 1.06 bits per heavy atom. The van der Waals surface area contributed by atoms with E-state index < -0.39 is 11.1 Å². The van der Waals surface area contributed by atoms with Crippen LogP contribution in [0, 0.1) is 19.3 Å². The molecule has 96 valence electrons. The van der Waals surface area contributed by atoms with E-state index >= 15 is 0 Å². The van der Waals surface area contributed by atoms with Crippen molar-refractivity contribution < 1.29 is 4.39 Å². The van der Waals surface area contributed by atoms with E-state index in [1.54, 1.807) is 0 Å². The molecule has 0 aromatic heterocycles. The van der Waals surface area contributed by atoms with Crippen molar-refractivity contribution >= 4 is 0 Å². The second-order valence-corrected chi connectivity index (χ2v) is 6.09. The zero-order chi connectivity index (χ0) is 13.3. The fraction of sp³-hybridized carbons (Fsp3) is 0.600. The van der Waals surface area contributed by atoms with E-state index in [-0.39, 0.29) is 6.54 Å². The molecule has 17 heavy (non-hydrogen) atoms. The Morgan fingerprint density at radius 2 is 1.53 bits per heavy atom.